The molecule has 0 aliphatic rings. The second-order valence-electron chi connectivity index (χ2n) is 4.54. The Hall–Kier alpha value is -3.02. The molecule has 6 nitrogen and oxygen atoms in total. The van der Waals surface area contributed by atoms with Gasteiger partial charge in [-0.3, -0.25) is 20.1 Å². The molecule has 0 spiro atoms. The number of nitrogens with one attached hydrogen (secondary N) is 1. The second-order valence-corrected chi connectivity index (χ2v) is 4.54. The first-order chi connectivity index (χ1) is 10.2. The zero-order chi connectivity index (χ0) is 14.7. The van der Waals surface area contributed by atoms with Crippen molar-refractivity contribution in [2.45, 2.75) is 6.54 Å². The van der Waals surface area contributed by atoms with E-state index in [-0.39, 0.29) is 5.69 Å². The third kappa shape index (κ3) is 2.94. The van der Waals surface area contributed by atoms with Crippen LogP contribution in [0.25, 0.3) is 11.0 Å². The predicted molar refractivity (Wildman–Crippen MR) is 80.0 cm³/mol. The van der Waals surface area contributed by atoms with E-state index in [0.717, 1.165) is 22.3 Å². The molecule has 1 N–H and O–H groups in total. The molecule has 0 atom stereocenters. The average Bonchev–Trinajstić information content (AvgIpc) is 2.53. The molecule has 0 fully saturated rings. The van der Waals surface area contributed by atoms with E-state index in [1.165, 1.54) is 6.07 Å². The van der Waals surface area contributed by atoms with Gasteiger partial charge in [0.1, 0.15) is 0 Å². The topological polar surface area (TPSA) is 81.0 Å². The lowest BCUT2D eigenvalue weighted by Gasteiger charge is -2.07. The lowest BCUT2D eigenvalue weighted by Crippen LogP contribution is -2.00. The van der Waals surface area contributed by atoms with E-state index in [9.17, 15) is 10.1 Å². The number of nitro groups is 1. The molecular weight excluding hydrogens is 268 g/mol. The van der Waals surface area contributed by atoms with Crippen molar-refractivity contribution in [3.8, 4) is 0 Å². The van der Waals surface area contributed by atoms with Gasteiger partial charge in [-0.2, -0.15) is 0 Å². The third-order valence-electron chi connectivity index (χ3n) is 3.09. The van der Waals surface area contributed by atoms with Crippen molar-refractivity contribution < 1.29 is 4.92 Å². The fraction of sp³-hybridized carbons (Fsp3) is 0.0667. The summed E-state index contributed by atoms with van der Waals surface area (Å²) in [6.45, 7) is 0.507. The van der Waals surface area contributed by atoms with Gasteiger partial charge in [-0.25, -0.2) is 0 Å². The number of benzene rings is 2. The molecule has 0 aliphatic carbocycles. The quantitative estimate of drug-likeness (QED) is 0.586. The van der Waals surface area contributed by atoms with Crippen LogP contribution in [0.5, 0.6) is 0 Å². The van der Waals surface area contributed by atoms with Crippen molar-refractivity contribution in [1.29, 1.82) is 0 Å². The van der Waals surface area contributed by atoms with Crippen LogP contribution in [0.15, 0.2) is 54.9 Å². The summed E-state index contributed by atoms with van der Waals surface area (Å²) in [7, 11) is 0. The Kier molecular flexibility index (Phi) is 3.42. The molecule has 1 aromatic heterocycles. The fourth-order valence-electron chi connectivity index (χ4n) is 2.06. The maximum atomic E-state index is 10.7. The molecule has 3 aromatic rings. The lowest BCUT2D eigenvalue weighted by atomic mass is 10.2. The molecular formula is C15H12N4O2. The number of rotatable bonds is 4. The third-order valence-corrected chi connectivity index (χ3v) is 3.09. The van der Waals surface area contributed by atoms with Crippen LogP contribution in [-0.4, -0.2) is 14.9 Å². The summed E-state index contributed by atoms with van der Waals surface area (Å²) in [5.41, 5.74) is 3.48. The zero-order valence-corrected chi connectivity index (χ0v) is 11.1. The van der Waals surface area contributed by atoms with E-state index < -0.39 is 4.92 Å². The highest BCUT2D eigenvalue weighted by atomic mass is 16.6. The molecule has 0 bridgehead atoms. The van der Waals surface area contributed by atoms with Crippen molar-refractivity contribution in [2.24, 2.45) is 0 Å². The number of hydrogen-bond acceptors (Lipinski definition) is 5. The number of non-ortho nitro benzene ring substituents is 1. The Bertz CT molecular complexity index is 804. The van der Waals surface area contributed by atoms with Crippen LogP contribution in [0.2, 0.25) is 0 Å². The van der Waals surface area contributed by atoms with Gasteiger partial charge in [0.2, 0.25) is 0 Å². The molecule has 6 heteroatoms. The monoisotopic (exact) mass is 280 g/mol. The molecule has 0 radical (unpaired) electrons. The summed E-state index contributed by atoms with van der Waals surface area (Å²) < 4.78 is 0. The van der Waals surface area contributed by atoms with Crippen LogP contribution in [0.3, 0.4) is 0 Å². The molecule has 0 unspecified atom stereocenters. The number of fused-ring (bicyclic) bond motifs is 1. The Balaban J connectivity index is 1.77. The van der Waals surface area contributed by atoms with Gasteiger partial charge in [0.15, 0.2) is 0 Å². The molecule has 1 heterocycles. The van der Waals surface area contributed by atoms with Gasteiger partial charge in [0.05, 0.1) is 16.0 Å². The zero-order valence-electron chi connectivity index (χ0n) is 11.1. The normalized spacial score (nSPS) is 10.5. The van der Waals surface area contributed by atoms with Gasteiger partial charge in [-0.15, -0.1) is 0 Å². The highest BCUT2D eigenvalue weighted by molar-refractivity contribution is 5.78. The van der Waals surface area contributed by atoms with Crippen LogP contribution in [-0.2, 0) is 6.54 Å². The van der Waals surface area contributed by atoms with E-state index in [1.807, 2.05) is 24.3 Å². The molecule has 21 heavy (non-hydrogen) atoms. The number of anilines is 1. The van der Waals surface area contributed by atoms with Crippen molar-refractivity contribution >= 4 is 22.4 Å². The molecule has 3 rings (SSSR count). The number of nitrogens with zero attached hydrogens (tertiary/aromatic N) is 3. The van der Waals surface area contributed by atoms with Crippen molar-refractivity contribution in [3.63, 3.8) is 0 Å². The van der Waals surface area contributed by atoms with Crippen molar-refractivity contribution in [2.75, 3.05) is 5.32 Å². The first-order valence-corrected chi connectivity index (χ1v) is 6.40. The lowest BCUT2D eigenvalue weighted by molar-refractivity contribution is -0.384. The van der Waals surface area contributed by atoms with Crippen LogP contribution in [0.4, 0.5) is 11.4 Å². The Morgan fingerprint density at radius 3 is 2.67 bits per heavy atom. The molecule has 0 saturated carbocycles. The van der Waals surface area contributed by atoms with Crippen LogP contribution >= 0.6 is 0 Å². The molecule has 0 aliphatic heterocycles. The van der Waals surface area contributed by atoms with Gasteiger partial charge in [-0.1, -0.05) is 12.1 Å². The fourth-order valence-corrected chi connectivity index (χ4v) is 2.06. The maximum Gasteiger partial charge on any atom is 0.269 e. The highest BCUT2D eigenvalue weighted by Crippen LogP contribution is 2.17. The SMILES string of the molecule is O=[N+]([O-])c1cccc(CNc2ccc3nccnc3c2)c1. The summed E-state index contributed by atoms with van der Waals surface area (Å²) >= 11 is 0. The highest BCUT2D eigenvalue weighted by Gasteiger charge is 2.05. The molecule has 0 amide bonds. The van der Waals surface area contributed by atoms with E-state index in [0.29, 0.717) is 6.54 Å². The Morgan fingerprint density at radius 2 is 1.86 bits per heavy atom. The maximum absolute atomic E-state index is 10.7. The van der Waals surface area contributed by atoms with Gasteiger partial charge in [0, 0.05) is 36.8 Å². The molecule has 2 aromatic carbocycles. The summed E-state index contributed by atoms with van der Waals surface area (Å²) in [4.78, 5) is 18.8. The van der Waals surface area contributed by atoms with Crippen LogP contribution < -0.4 is 5.32 Å². The van der Waals surface area contributed by atoms with E-state index in [1.54, 1.807) is 24.5 Å². The summed E-state index contributed by atoms with van der Waals surface area (Å²) in [5.74, 6) is 0. The van der Waals surface area contributed by atoms with E-state index in [2.05, 4.69) is 15.3 Å². The number of nitro benzene ring substituents is 1. The van der Waals surface area contributed by atoms with Crippen molar-refractivity contribution in [3.05, 3.63) is 70.5 Å². The van der Waals surface area contributed by atoms with Crippen molar-refractivity contribution in [1.82, 2.24) is 9.97 Å². The minimum atomic E-state index is -0.394. The smallest absolute Gasteiger partial charge is 0.269 e. The minimum absolute atomic E-state index is 0.0960. The van der Waals surface area contributed by atoms with Crippen LogP contribution in [0, 0.1) is 10.1 Å². The van der Waals surface area contributed by atoms with Gasteiger partial charge < -0.3 is 5.32 Å². The van der Waals surface area contributed by atoms with Gasteiger partial charge in [0.25, 0.3) is 5.69 Å². The summed E-state index contributed by atoms with van der Waals surface area (Å²) in [5, 5.41) is 14.0. The first-order valence-electron chi connectivity index (χ1n) is 6.40. The van der Waals surface area contributed by atoms with Gasteiger partial charge in [-0.05, 0) is 23.8 Å². The minimum Gasteiger partial charge on any atom is -0.381 e. The van der Waals surface area contributed by atoms with Crippen LogP contribution in [0.1, 0.15) is 5.56 Å². The van der Waals surface area contributed by atoms with E-state index in [4.69, 9.17) is 0 Å². The number of aromatic nitrogens is 2. The first kappa shape index (κ1) is 13.0. The summed E-state index contributed by atoms with van der Waals surface area (Å²) in [6, 6.07) is 12.3. The largest absolute Gasteiger partial charge is 0.381 e. The summed E-state index contributed by atoms with van der Waals surface area (Å²) in [6.07, 6.45) is 3.30. The second kappa shape index (κ2) is 5.54. The standard InChI is InChI=1S/C15H12N4O2/c20-19(21)13-3-1-2-11(8-13)10-18-12-4-5-14-15(9-12)17-7-6-16-14/h1-9,18H,10H2. The molecule has 0 saturated heterocycles. The average molecular weight is 280 g/mol. The molecule has 104 valence electrons. The van der Waals surface area contributed by atoms with Gasteiger partial charge >= 0.3 is 0 Å². The number of hydrogen-bond donors (Lipinski definition) is 1. The Labute approximate surface area is 120 Å². The predicted octanol–water partition coefficient (Wildman–Crippen LogP) is 3.15. The Morgan fingerprint density at radius 1 is 1.05 bits per heavy atom. The van der Waals surface area contributed by atoms with E-state index >= 15 is 0 Å².